The van der Waals surface area contributed by atoms with Crippen molar-refractivity contribution in [1.29, 1.82) is 0 Å². The summed E-state index contributed by atoms with van der Waals surface area (Å²) in [5.74, 6) is 0.544. The van der Waals surface area contributed by atoms with Gasteiger partial charge in [-0.15, -0.1) is 0 Å². The second-order valence-corrected chi connectivity index (χ2v) is 27.3. The largest absolute Gasteiger partial charge is 0.0888 e. The molecule has 0 aromatic rings. The van der Waals surface area contributed by atoms with E-state index in [0.717, 1.165) is 141 Å². The predicted octanol–water partition coefficient (Wildman–Crippen LogP) is 31.0. The molecule has 508 valence electrons. The fourth-order valence-electron chi connectivity index (χ4n) is 14.1. The molecule has 0 aliphatic rings. The van der Waals surface area contributed by atoms with Crippen LogP contribution >= 0.6 is 0 Å². The summed E-state index contributed by atoms with van der Waals surface area (Å²) in [6.07, 6.45) is 105. The summed E-state index contributed by atoms with van der Waals surface area (Å²) in [4.78, 5) is 0. The molecule has 6 atom stereocenters. The molecule has 0 heteroatoms. The first kappa shape index (κ1) is 85.4. The van der Waals surface area contributed by atoms with Crippen molar-refractivity contribution < 1.29 is 0 Å². The van der Waals surface area contributed by atoms with Crippen LogP contribution in [0.2, 0.25) is 0 Å². The highest BCUT2D eigenvalue weighted by Crippen LogP contribution is 2.70. The summed E-state index contributed by atoms with van der Waals surface area (Å²) in [5.41, 5.74) is 6.52. The molecule has 0 nitrogen and oxygen atoms in total. The highest BCUT2D eigenvalue weighted by atomic mass is 14.7. The number of unbranched alkanes of at least 4 members (excludes halogenated alkanes) is 17. The van der Waals surface area contributed by atoms with E-state index >= 15 is 0 Å². The van der Waals surface area contributed by atoms with Crippen LogP contribution in [0.25, 0.3) is 0 Å². The summed E-state index contributed by atoms with van der Waals surface area (Å²) in [5, 5.41) is 0. The number of hydrogen-bond acceptors (Lipinski definition) is 0. The second-order valence-electron chi connectivity index (χ2n) is 27.3. The maximum Gasteiger partial charge on any atom is 0.0118 e. The quantitative estimate of drug-likeness (QED) is 0.0323. The van der Waals surface area contributed by atoms with Crippen LogP contribution in [0.15, 0.2) is 168 Å². The minimum absolute atomic E-state index is 0.178. The van der Waals surface area contributed by atoms with Gasteiger partial charge in [0.2, 0.25) is 0 Å². The first-order chi connectivity index (χ1) is 43.3. The van der Waals surface area contributed by atoms with Crippen molar-refractivity contribution in [2.45, 2.75) is 362 Å². The fourth-order valence-corrected chi connectivity index (χ4v) is 14.1. The zero-order valence-electron chi connectivity index (χ0n) is 62.8. The van der Waals surface area contributed by atoms with E-state index in [2.05, 4.69) is 257 Å². The molecule has 0 aromatic heterocycles. The standard InChI is InChI=1S/C89H152/c1-18-30-41-49-52-58-66-83(67-59-53-50-42-31-19-2)86(71-61-54-44-33-21-4,72-62-55-45-34-22-5)82(17)85(70-60-51-43-32-20-3)87(74-63-46-35-23-6,75-64-47-36-24-7)89(76-65-48-37-25-8,78-81(16)79(13)14)88(73-40-28-11,77-80(15)29-12)84(68-56-38-26-9)69-57-39-27-10/h29,35,38,40,44,46-47,52,54-60,62,64-65,67,69-70,73,76,83-84H,18-28,30-34,36-37,39,41-43,45,48-51,53,61,63,66,68,71-72,74-75,77-78H2,1-17H3. The van der Waals surface area contributed by atoms with E-state index in [4.69, 9.17) is 0 Å². The van der Waals surface area contributed by atoms with Crippen molar-refractivity contribution in [2.24, 2.45) is 33.5 Å². The third kappa shape index (κ3) is 32.2. The van der Waals surface area contributed by atoms with Crippen molar-refractivity contribution in [1.82, 2.24) is 0 Å². The topological polar surface area (TPSA) is 0 Å². The Morgan fingerprint density at radius 3 is 1.44 bits per heavy atom. The highest BCUT2D eigenvalue weighted by Gasteiger charge is 2.63. The van der Waals surface area contributed by atoms with Crippen molar-refractivity contribution in [2.75, 3.05) is 0 Å². The van der Waals surface area contributed by atoms with Gasteiger partial charge in [-0.2, -0.15) is 0 Å². The van der Waals surface area contributed by atoms with Gasteiger partial charge in [0.15, 0.2) is 0 Å². The van der Waals surface area contributed by atoms with E-state index in [-0.39, 0.29) is 22.2 Å². The Kier molecular flexibility index (Phi) is 53.7. The molecule has 0 amide bonds. The van der Waals surface area contributed by atoms with Crippen LogP contribution in [0, 0.1) is 33.5 Å². The fraction of sp³-hybridized carbons (Fsp3) is 0.685. The summed E-state index contributed by atoms with van der Waals surface area (Å²) in [6, 6.07) is 0. The van der Waals surface area contributed by atoms with Gasteiger partial charge in [-0.3, -0.25) is 0 Å². The lowest BCUT2D eigenvalue weighted by molar-refractivity contribution is -0.0292. The smallest absolute Gasteiger partial charge is 0.0118 e. The van der Waals surface area contributed by atoms with Gasteiger partial charge in [0.25, 0.3) is 0 Å². The Labute approximate surface area is 559 Å². The molecule has 0 spiro atoms. The Hall–Kier alpha value is -3.64. The maximum absolute atomic E-state index is 2.99. The van der Waals surface area contributed by atoms with Gasteiger partial charge >= 0.3 is 0 Å². The van der Waals surface area contributed by atoms with E-state index in [1.807, 2.05) is 0 Å². The molecule has 0 rings (SSSR count). The lowest BCUT2D eigenvalue weighted by atomic mass is 9.39. The number of hydrogen-bond donors (Lipinski definition) is 0. The molecule has 0 saturated heterocycles. The zero-order valence-corrected chi connectivity index (χ0v) is 62.8. The molecule has 6 unspecified atom stereocenters. The normalized spacial score (nSPS) is 17.0. The van der Waals surface area contributed by atoms with E-state index in [1.165, 1.54) is 114 Å². The van der Waals surface area contributed by atoms with Crippen LogP contribution < -0.4 is 0 Å². The van der Waals surface area contributed by atoms with Gasteiger partial charge in [-0.05, 0) is 213 Å². The third-order valence-electron chi connectivity index (χ3n) is 19.9. The Morgan fingerprint density at radius 1 is 0.360 bits per heavy atom. The monoisotopic (exact) mass is 1220 g/mol. The molecule has 0 heterocycles. The number of allylic oxidation sites excluding steroid dienone is 28. The molecule has 0 aliphatic heterocycles. The van der Waals surface area contributed by atoms with E-state index in [0.29, 0.717) is 5.92 Å². The molecule has 0 aromatic carbocycles. The lowest BCUT2D eigenvalue weighted by Gasteiger charge is -2.63. The van der Waals surface area contributed by atoms with E-state index in [9.17, 15) is 0 Å². The highest BCUT2D eigenvalue weighted by molar-refractivity contribution is 5.46. The van der Waals surface area contributed by atoms with Crippen LogP contribution in [0.4, 0.5) is 0 Å². The van der Waals surface area contributed by atoms with Crippen molar-refractivity contribution in [3.05, 3.63) is 168 Å². The minimum Gasteiger partial charge on any atom is -0.0888 e. The Morgan fingerprint density at radius 2 is 0.820 bits per heavy atom. The minimum atomic E-state index is -0.416. The Bertz CT molecular complexity index is 2150. The average molecular weight is 1220 g/mol. The van der Waals surface area contributed by atoms with Gasteiger partial charge in [-0.1, -0.05) is 328 Å². The van der Waals surface area contributed by atoms with Crippen molar-refractivity contribution in [3.8, 4) is 0 Å². The van der Waals surface area contributed by atoms with Gasteiger partial charge in [-0.25, -0.2) is 0 Å². The second kappa shape index (κ2) is 55.9. The molecule has 89 heavy (non-hydrogen) atoms. The van der Waals surface area contributed by atoms with Gasteiger partial charge in [0.05, 0.1) is 0 Å². The van der Waals surface area contributed by atoms with Crippen LogP contribution in [-0.4, -0.2) is 0 Å². The average Bonchev–Trinajstić information content (AvgIpc) is 0.756. The summed E-state index contributed by atoms with van der Waals surface area (Å²) >= 11 is 0. The van der Waals surface area contributed by atoms with Crippen LogP contribution in [-0.2, 0) is 0 Å². The first-order valence-electron chi connectivity index (χ1n) is 38.5. The van der Waals surface area contributed by atoms with E-state index < -0.39 is 5.41 Å². The molecule has 0 N–H and O–H groups in total. The third-order valence-corrected chi connectivity index (χ3v) is 19.9. The van der Waals surface area contributed by atoms with Gasteiger partial charge < -0.3 is 0 Å². The van der Waals surface area contributed by atoms with Crippen LogP contribution in [0.5, 0.6) is 0 Å². The molecular formula is C89H152. The van der Waals surface area contributed by atoms with E-state index in [1.54, 1.807) is 16.7 Å². The molecule has 0 bridgehead atoms. The maximum atomic E-state index is 2.99. The number of rotatable bonds is 57. The summed E-state index contributed by atoms with van der Waals surface area (Å²) < 4.78 is 0. The summed E-state index contributed by atoms with van der Waals surface area (Å²) in [6.45, 7) is 41.0. The first-order valence-corrected chi connectivity index (χ1v) is 38.5. The van der Waals surface area contributed by atoms with Gasteiger partial charge in [0, 0.05) is 21.7 Å². The molecule has 0 radical (unpaired) electrons. The molecule has 0 fully saturated rings. The van der Waals surface area contributed by atoms with Crippen molar-refractivity contribution in [3.63, 3.8) is 0 Å². The molecule has 0 saturated carbocycles. The zero-order chi connectivity index (χ0) is 66.2. The van der Waals surface area contributed by atoms with Gasteiger partial charge in [0.1, 0.15) is 0 Å². The predicted molar refractivity (Wildman–Crippen MR) is 411 cm³/mol. The molecular weight excluding hydrogens is 1070 g/mol. The van der Waals surface area contributed by atoms with Crippen LogP contribution in [0.3, 0.4) is 0 Å². The molecule has 0 aliphatic carbocycles. The lowest BCUT2D eigenvalue weighted by Crippen LogP contribution is -2.56. The van der Waals surface area contributed by atoms with Crippen LogP contribution in [0.1, 0.15) is 362 Å². The summed E-state index contributed by atoms with van der Waals surface area (Å²) in [7, 11) is 0. The Balaban J connectivity index is 11.8. The van der Waals surface area contributed by atoms with Crippen molar-refractivity contribution >= 4 is 0 Å². The SMILES string of the molecule is CC=C(C)CC(C=CCC)(C(C=CCCC)CC=CCC)C(C=CCCCC)(CC(C)=C(C)C)C(CC=CCCC)(CCC=CCC)C(C=CCCCCC)=C(C)C(CC=CCCCC)(CCC=CCCC)C(C=CCCCCCC)CC=CCCCCC.